The smallest absolute Gasteiger partial charge is 0.0621 e. The van der Waals surface area contributed by atoms with Gasteiger partial charge in [0.05, 0.1) is 13.2 Å². The summed E-state index contributed by atoms with van der Waals surface area (Å²) in [6.45, 7) is 2.31. The van der Waals surface area contributed by atoms with Gasteiger partial charge in [-0.05, 0) is 23.6 Å². The first-order valence-electron chi connectivity index (χ1n) is 7.52. The molecule has 3 heteroatoms. The molecule has 0 spiro atoms. The van der Waals surface area contributed by atoms with Crippen LogP contribution in [0.2, 0.25) is 0 Å². The minimum atomic E-state index is 0.152. The molecular formula is C18H22N2O. The van der Waals surface area contributed by atoms with Crippen molar-refractivity contribution in [3.8, 4) is 0 Å². The zero-order valence-electron chi connectivity index (χ0n) is 12.2. The summed E-state index contributed by atoms with van der Waals surface area (Å²) in [5.74, 6) is 0.398. The van der Waals surface area contributed by atoms with Gasteiger partial charge in [0.2, 0.25) is 0 Å². The second-order valence-electron chi connectivity index (χ2n) is 5.66. The molecular weight excluding hydrogens is 260 g/mol. The second-order valence-corrected chi connectivity index (χ2v) is 5.66. The monoisotopic (exact) mass is 282 g/mol. The first-order valence-corrected chi connectivity index (χ1v) is 7.52. The highest BCUT2D eigenvalue weighted by Gasteiger charge is 2.24. The van der Waals surface area contributed by atoms with E-state index in [0.717, 1.165) is 19.6 Å². The van der Waals surface area contributed by atoms with Gasteiger partial charge in [0, 0.05) is 24.2 Å². The molecule has 3 rings (SSSR count). The summed E-state index contributed by atoms with van der Waals surface area (Å²) in [5.41, 5.74) is 9.88. The number of para-hydroxylation sites is 1. The van der Waals surface area contributed by atoms with Gasteiger partial charge in [-0.3, -0.25) is 0 Å². The van der Waals surface area contributed by atoms with Gasteiger partial charge in [0.15, 0.2) is 0 Å². The number of hydrogen-bond acceptors (Lipinski definition) is 3. The highest BCUT2D eigenvalue weighted by Crippen LogP contribution is 2.20. The SMILES string of the molecule is NC1COCC1CNc1ccccc1Cc1ccccc1. The maximum Gasteiger partial charge on any atom is 0.0621 e. The summed E-state index contributed by atoms with van der Waals surface area (Å²) in [6.07, 6.45) is 0.942. The number of hydrogen-bond donors (Lipinski definition) is 2. The Balaban J connectivity index is 1.67. The van der Waals surface area contributed by atoms with Gasteiger partial charge < -0.3 is 15.8 Å². The Labute approximate surface area is 126 Å². The maximum atomic E-state index is 6.04. The van der Waals surface area contributed by atoms with Gasteiger partial charge in [-0.25, -0.2) is 0 Å². The summed E-state index contributed by atoms with van der Waals surface area (Å²) >= 11 is 0. The lowest BCUT2D eigenvalue weighted by molar-refractivity contribution is 0.185. The summed E-state index contributed by atoms with van der Waals surface area (Å²) in [5, 5.41) is 3.55. The highest BCUT2D eigenvalue weighted by atomic mass is 16.5. The van der Waals surface area contributed by atoms with Crippen LogP contribution in [-0.2, 0) is 11.2 Å². The Morgan fingerprint density at radius 1 is 1.00 bits per heavy atom. The van der Waals surface area contributed by atoms with E-state index in [2.05, 4.69) is 59.9 Å². The Morgan fingerprint density at radius 3 is 2.52 bits per heavy atom. The largest absolute Gasteiger partial charge is 0.384 e. The molecule has 0 radical (unpaired) electrons. The maximum absolute atomic E-state index is 6.04. The standard InChI is InChI=1S/C18H22N2O/c19-17-13-21-12-16(17)11-20-18-9-5-4-8-15(18)10-14-6-2-1-3-7-14/h1-9,16-17,20H,10-13,19H2. The Morgan fingerprint density at radius 2 is 1.76 bits per heavy atom. The molecule has 1 aliphatic rings. The van der Waals surface area contributed by atoms with E-state index in [1.807, 2.05) is 0 Å². The molecule has 0 saturated carbocycles. The molecule has 1 aliphatic heterocycles. The molecule has 0 aromatic heterocycles. The normalized spacial score (nSPS) is 21.4. The average molecular weight is 282 g/mol. The van der Waals surface area contributed by atoms with Crippen molar-refractivity contribution in [1.29, 1.82) is 0 Å². The molecule has 1 heterocycles. The fourth-order valence-corrected chi connectivity index (χ4v) is 2.73. The molecule has 1 fully saturated rings. The van der Waals surface area contributed by atoms with Crippen LogP contribution in [0.4, 0.5) is 5.69 Å². The van der Waals surface area contributed by atoms with Gasteiger partial charge in [-0.15, -0.1) is 0 Å². The molecule has 0 amide bonds. The second kappa shape index (κ2) is 6.74. The minimum absolute atomic E-state index is 0.152. The highest BCUT2D eigenvalue weighted by molar-refractivity contribution is 5.52. The van der Waals surface area contributed by atoms with Gasteiger partial charge in [0.25, 0.3) is 0 Å². The van der Waals surface area contributed by atoms with Crippen molar-refractivity contribution in [1.82, 2.24) is 0 Å². The Kier molecular flexibility index (Phi) is 4.53. The fraction of sp³-hybridized carbons (Fsp3) is 0.333. The van der Waals surface area contributed by atoms with E-state index in [0.29, 0.717) is 12.5 Å². The van der Waals surface area contributed by atoms with E-state index in [9.17, 15) is 0 Å². The molecule has 2 atom stereocenters. The lowest BCUT2D eigenvalue weighted by Gasteiger charge is -2.17. The first kappa shape index (κ1) is 14.1. The van der Waals surface area contributed by atoms with Crippen molar-refractivity contribution in [2.24, 2.45) is 11.7 Å². The number of anilines is 1. The number of rotatable bonds is 5. The van der Waals surface area contributed by atoms with Crippen LogP contribution in [0.15, 0.2) is 54.6 Å². The van der Waals surface area contributed by atoms with E-state index >= 15 is 0 Å². The van der Waals surface area contributed by atoms with Gasteiger partial charge in [0.1, 0.15) is 0 Å². The first-order chi connectivity index (χ1) is 10.3. The lowest BCUT2D eigenvalue weighted by Crippen LogP contribution is -2.33. The van der Waals surface area contributed by atoms with Crippen molar-refractivity contribution >= 4 is 5.69 Å². The lowest BCUT2D eigenvalue weighted by atomic mass is 10.0. The van der Waals surface area contributed by atoms with E-state index in [-0.39, 0.29) is 6.04 Å². The van der Waals surface area contributed by atoms with Gasteiger partial charge >= 0.3 is 0 Å². The van der Waals surface area contributed by atoms with E-state index < -0.39 is 0 Å². The molecule has 2 aromatic rings. The molecule has 0 aliphatic carbocycles. The summed E-state index contributed by atoms with van der Waals surface area (Å²) in [4.78, 5) is 0. The fourth-order valence-electron chi connectivity index (χ4n) is 2.73. The van der Waals surface area contributed by atoms with Crippen molar-refractivity contribution in [3.63, 3.8) is 0 Å². The molecule has 0 bridgehead atoms. The van der Waals surface area contributed by atoms with E-state index in [1.165, 1.54) is 16.8 Å². The topological polar surface area (TPSA) is 47.3 Å². The minimum Gasteiger partial charge on any atom is -0.384 e. The van der Waals surface area contributed by atoms with Crippen LogP contribution in [0.5, 0.6) is 0 Å². The van der Waals surface area contributed by atoms with Crippen LogP contribution in [0, 0.1) is 5.92 Å². The van der Waals surface area contributed by atoms with Crippen molar-refractivity contribution in [2.45, 2.75) is 12.5 Å². The Hall–Kier alpha value is -1.84. The molecule has 21 heavy (non-hydrogen) atoms. The average Bonchev–Trinajstić information content (AvgIpc) is 2.93. The van der Waals surface area contributed by atoms with Gasteiger partial charge in [-0.2, -0.15) is 0 Å². The number of nitrogens with two attached hydrogens (primary N) is 1. The Bertz CT molecular complexity index is 570. The third kappa shape index (κ3) is 3.63. The van der Waals surface area contributed by atoms with Crippen molar-refractivity contribution < 1.29 is 4.74 Å². The van der Waals surface area contributed by atoms with Crippen LogP contribution < -0.4 is 11.1 Å². The number of benzene rings is 2. The van der Waals surface area contributed by atoms with Crippen LogP contribution in [0.25, 0.3) is 0 Å². The summed E-state index contributed by atoms with van der Waals surface area (Å²) in [7, 11) is 0. The quantitative estimate of drug-likeness (QED) is 0.886. The number of ether oxygens (including phenoxy) is 1. The predicted molar refractivity (Wildman–Crippen MR) is 86.5 cm³/mol. The van der Waals surface area contributed by atoms with E-state index in [1.54, 1.807) is 0 Å². The van der Waals surface area contributed by atoms with Crippen molar-refractivity contribution in [2.75, 3.05) is 25.1 Å². The molecule has 3 nitrogen and oxygen atoms in total. The van der Waals surface area contributed by atoms with Crippen LogP contribution >= 0.6 is 0 Å². The zero-order chi connectivity index (χ0) is 14.5. The van der Waals surface area contributed by atoms with Crippen LogP contribution in [0.1, 0.15) is 11.1 Å². The van der Waals surface area contributed by atoms with E-state index in [4.69, 9.17) is 10.5 Å². The van der Waals surface area contributed by atoms with Crippen LogP contribution in [0.3, 0.4) is 0 Å². The third-order valence-corrected chi connectivity index (χ3v) is 4.06. The summed E-state index contributed by atoms with van der Waals surface area (Å²) < 4.78 is 5.42. The van der Waals surface area contributed by atoms with Gasteiger partial charge in [-0.1, -0.05) is 48.5 Å². The zero-order valence-corrected chi connectivity index (χ0v) is 12.2. The predicted octanol–water partition coefficient (Wildman–Crippen LogP) is 2.66. The van der Waals surface area contributed by atoms with Crippen molar-refractivity contribution in [3.05, 3.63) is 65.7 Å². The molecule has 3 N–H and O–H groups in total. The molecule has 110 valence electrons. The van der Waals surface area contributed by atoms with Crippen LogP contribution in [-0.4, -0.2) is 25.8 Å². The number of nitrogens with one attached hydrogen (secondary N) is 1. The third-order valence-electron chi connectivity index (χ3n) is 4.06. The summed E-state index contributed by atoms with van der Waals surface area (Å²) in [6, 6.07) is 19.2. The molecule has 1 saturated heterocycles. The molecule has 2 unspecified atom stereocenters. The molecule has 2 aromatic carbocycles.